The van der Waals surface area contributed by atoms with E-state index < -0.39 is 10.8 Å². The van der Waals surface area contributed by atoms with E-state index in [0.717, 1.165) is 100 Å². The van der Waals surface area contributed by atoms with Gasteiger partial charge < -0.3 is 18.6 Å². The molecule has 0 N–H and O–H groups in total. The first kappa shape index (κ1) is 69.8. The average molecular weight is 1510 g/mol. The summed E-state index contributed by atoms with van der Waals surface area (Å²) in [5.74, 6) is 0. The van der Waals surface area contributed by atoms with Crippen molar-refractivity contribution in [3.63, 3.8) is 0 Å². The Balaban J connectivity index is 0.628. The summed E-state index contributed by atoms with van der Waals surface area (Å²) in [6.07, 6.45) is 0.693. The van der Waals surface area contributed by atoms with Gasteiger partial charge in [-0.1, -0.05) is 334 Å². The highest BCUT2D eigenvalue weighted by Crippen LogP contribution is 2.60. The van der Waals surface area contributed by atoms with Gasteiger partial charge in [0.2, 0.25) is 0 Å². The van der Waals surface area contributed by atoms with Crippen LogP contribution < -0.4 is 9.80 Å². The molecule has 0 saturated carbocycles. The SMILES string of the molecule is Cc1cc(N(c2ccc(-c3cccc4c3oc3ccccc34)cc2)c2ccc3c(c2)C(c2ccccc2)(c2ccccc2)c2ccccc2-3)ccc1-c1ccccc1Cc1cccc2oc3c(-c4ccc(N(c5ccc6c(c5)C(c5ccccc5)(c5ccccc5)c5ccccc5-6)c5c(C)cc(-c6ccccc6)cc5C)cc4)cccc3c12. The highest BCUT2D eigenvalue weighted by atomic mass is 16.3. The Hall–Kier alpha value is -14.8. The molecule has 20 aromatic rings. The molecule has 0 bridgehead atoms. The fraction of sp³-hybridized carbons (Fsp3) is 0.0526. The van der Waals surface area contributed by atoms with Crippen molar-refractivity contribution >= 4 is 78.0 Å². The first-order valence-corrected chi connectivity index (χ1v) is 41.0. The van der Waals surface area contributed by atoms with Gasteiger partial charge in [-0.2, -0.15) is 0 Å². The summed E-state index contributed by atoms with van der Waals surface area (Å²) in [6, 6.07) is 154. The van der Waals surface area contributed by atoms with E-state index in [0.29, 0.717) is 6.42 Å². The Kier molecular flexibility index (Phi) is 16.8. The fourth-order valence-electron chi connectivity index (χ4n) is 20.2. The summed E-state index contributed by atoms with van der Waals surface area (Å²) in [5, 5.41) is 4.45. The molecular weight excluding hydrogens is 1430 g/mol. The quantitative estimate of drug-likeness (QED) is 0.0965. The summed E-state index contributed by atoms with van der Waals surface area (Å²) >= 11 is 0. The monoisotopic (exact) mass is 1510 g/mol. The number of rotatable bonds is 16. The molecule has 18 aromatic carbocycles. The van der Waals surface area contributed by atoms with Gasteiger partial charge in [-0.25, -0.2) is 0 Å². The topological polar surface area (TPSA) is 32.8 Å². The van der Waals surface area contributed by atoms with Crippen LogP contribution in [0.5, 0.6) is 0 Å². The van der Waals surface area contributed by atoms with Crippen molar-refractivity contribution in [2.24, 2.45) is 0 Å². The van der Waals surface area contributed by atoms with E-state index in [9.17, 15) is 0 Å². The molecule has 558 valence electrons. The lowest BCUT2D eigenvalue weighted by atomic mass is 9.67. The number of furan rings is 2. The van der Waals surface area contributed by atoms with Gasteiger partial charge in [-0.15, -0.1) is 0 Å². The molecule has 0 amide bonds. The Bertz CT molecular complexity index is 7180. The Morgan fingerprint density at radius 3 is 1.16 bits per heavy atom. The lowest BCUT2D eigenvalue weighted by Gasteiger charge is -2.35. The molecule has 4 nitrogen and oxygen atoms in total. The van der Waals surface area contributed by atoms with Crippen LogP contribution in [-0.2, 0) is 17.3 Å². The van der Waals surface area contributed by atoms with Crippen molar-refractivity contribution in [1.82, 2.24) is 0 Å². The second-order valence-electron chi connectivity index (χ2n) is 31.8. The number of aryl methyl sites for hydroxylation is 3. The van der Waals surface area contributed by atoms with Crippen LogP contribution in [0.25, 0.3) is 111 Å². The second kappa shape index (κ2) is 28.3. The summed E-state index contributed by atoms with van der Waals surface area (Å²) in [4.78, 5) is 4.94. The van der Waals surface area contributed by atoms with Crippen molar-refractivity contribution in [2.45, 2.75) is 38.0 Å². The van der Waals surface area contributed by atoms with E-state index >= 15 is 0 Å². The van der Waals surface area contributed by atoms with Crippen molar-refractivity contribution in [3.05, 3.63) is 491 Å². The minimum atomic E-state index is -0.584. The molecule has 0 fully saturated rings. The van der Waals surface area contributed by atoms with Gasteiger partial charge in [0.1, 0.15) is 22.3 Å². The van der Waals surface area contributed by atoms with Crippen LogP contribution >= 0.6 is 0 Å². The third-order valence-electron chi connectivity index (χ3n) is 25.3. The molecule has 2 aliphatic carbocycles. The Morgan fingerprint density at radius 1 is 0.229 bits per heavy atom. The average Bonchev–Trinajstić information content (AvgIpc) is 1.53. The van der Waals surface area contributed by atoms with Gasteiger partial charge in [0.25, 0.3) is 0 Å². The first-order valence-electron chi connectivity index (χ1n) is 41.0. The van der Waals surface area contributed by atoms with Crippen molar-refractivity contribution in [2.75, 3.05) is 9.80 Å². The second-order valence-corrected chi connectivity index (χ2v) is 31.8. The molecule has 0 atom stereocenters. The van der Waals surface area contributed by atoms with E-state index in [1.54, 1.807) is 0 Å². The van der Waals surface area contributed by atoms with Crippen molar-refractivity contribution in [1.29, 1.82) is 0 Å². The summed E-state index contributed by atoms with van der Waals surface area (Å²) in [5.41, 5.74) is 38.8. The van der Waals surface area contributed by atoms with Gasteiger partial charge in [0.05, 0.1) is 16.5 Å². The molecular formula is C114H80N2O2. The third kappa shape index (κ3) is 11.1. The number of para-hydroxylation sites is 3. The zero-order valence-electron chi connectivity index (χ0n) is 65.8. The molecule has 0 saturated heterocycles. The van der Waals surface area contributed by atoms with Crippen molar-refractivity contribution < 1.29 is 8.83 Å². The van der Waals surface area contributed by atoms with Crippen LogP contribution in [0.4, 0.5) is 34.1 Å². The molecule has 118 heavy (non-hydrogen) atoms. The molecule has 2 aromatic heterocycles. The molecule has 0 unspecified atom stereocenters. The molecule has 2 aliphatic rings. The van der Waals surface area contributed by atoms with Gasteiger partial charge in [0.15, 0.2) is 0 Å². The largest absolute Gasteiger partial charge is 0.455 e. The van der Waals surface area contributed by atoms with Crippen LogP contribution in [0.15, 0.2) is 427 Å². The summed E-state index contributed by atoms with van der Waals surface area (Å²) < 4.78 is 13.8. The number of benzene rings is 18. The smallest absolute Gasteiger partial charge is 0.143 e. The standard InChI is InChI=1S/C114H80N2O2/c1-74-70-89(115(87-58-54-78(55-59-87)94-46-28-48-101-100-45-23-26-52-107(100)117-111(94)101)90-63-66-98-96-43-21-24-50-103(96)113(105(98)72-90,83-34-11-5-12-35-83)84-36-13-6-14-37-84)62-65-92(74)93-42-20-19-32-80(93)71-81-33-27-53-108-109(81)102-49-29-47-95(112(102)118-108)79-56-60-88(61-57-79)116(110-75(2)68-82(69-76(110)3)77-30-9-4-10-31-77)91-64-67-99-97-44-22-25-51-104(97)114(106(99)73-91,85-38-15-7-16-39-85)86-40-17-8-18-41-86/h4-70,72-73H,71H2,1-3H3. The van der Waals surface area contributed by atoms with E-state index in [2.05, 4.69) is 443 Å². The molecule has 0 radical (unpaired) electrons. The van der Waals surface area contributed by atoms with E-state index in [-0.39, 0.29) is 0 Å². The zero-order valence-corrected chi connectivity index (χ0v) is 65.8. The lowest BCUT2D eigenvalue weighted by Crippen LogP contribution is -2.28. The Labute approximate surface area is 687 Å². The van der Waals surface area contributed by atoms with Gasteiger partial charge in [-0.05, 0) is 240 Å². The molecule has 22 rings (SSSR count). The van der Waals surface area contributed by atoms with E-state index in [4.69, 9.17) is 8.83 Å². The molecule has 0 spiro atoms. The summed E-state index contributed by atoms with van der Waals surface area (Å²) in [7, 11) is 0. The summed E-state index contributed by atoms with van der Waals surface area (Å²) in [6.45, 7) is 6.81. The number of hydrogen-bond acceptors (Lipinski definition) is 4. The fourth-order valence-corrected chi connectivity index (χ4v) is 20.2. The van der Waals surface area contributed by atoms with Crippen molar-refractivity contribution in [3.8, 4) is 66.8 Å². The third-order valence-corrected chi connectivity index (χ3v) is 25.3. The van der Waals surface area contributed by atoms with Crippen LogP contribution in [0.1, 0.15) is 72.3 Å². The zero-order chi connectivity index (χ0) is 78.6. The maximum absolute atomic E-state index is 7.15. The normalized spacial score (nSPS) is 12.9. The minimum absolute atomic E-state index is 0.570. The van der Waals surface area contributed by atoms with E-state index in [1.807, 2.05) is 6.07 Å². The predicted octanol–water partition coefficient (Wildman–Crippen LogP) is 30.3. The highest BCUT2D eigenvalue weighted by Gasteiger charge is 2.48. The molecule has 0 aliphatic heterocycles. The number of fused-ring (bicyclic) bond motifs is 12. The van der Waals surface area contributed by atoms with Crippen LogP contribution in [0.2, 0.25) is 0 Å². The van der Waals surface area contributed by atoms with Gasteiger partial charge in [-0.3, -0.25) is 0 Å². The van der Waals surface area contributed by atoms with Crippen LogP contribution in [0, 0.1) is 20.8 Å². The number of nitrogens with zero attached hydrogens (tertiary/aromatic N) is 2. The lowest BCUT2D eigenvalue weighted by molar-refractivity contribution is 0.669. The first-order chi connectivity index (χ1) is 58.3. The highest BCUT2D eigenvalue weighted by molar-refractivity contribution is 6.12. The van der Waals surface area contributed by atoms with Crippen LogP contribution in [-0.4, -0.2) is 0 Å². The predicted molar refractivity (Wildman–Crippen MR) is 490 cm³/mol. The molecule has 4 heteroatoms. The van der Waals surface area contributed by atoms with E-state index in [1.165, 1.54) is 117 Å². The Morgan fingerprint density at radius 2 is 0.610 bits per heavy atom. The maximum Gasteiger partial charge on any atom is 0.143 e. The maximum atomic E-state index is 7.15. The van der Waals surface area contributed by atoms with Gasteiger partial charge >= 0.3 is 0 Å². The van der Waals surface area contributed by atoms with Gasteiger partial charge in [0, 0.05) is 61.1 Å². The number of hydrogen-bond donors (Lipinski definition) is 0. The van der Waals surface area contributed by atoms with Crippen LogP contribution in [0.3, 0.4) is 0 Å². The molecule has 2 heterocycles. The number of anilines is 6. The minimum Gasteiger partial charge on any atom is -0.455 e.